The number of likely N-dealkylation sites (tertiary alicyclic amines) is 1. The molecule has 1 aromatic heterocycles. The van der Waals surface area contributed by atoms with E-state index in [1.165, 1.54) is 4.90 Å². The topological polar surface area (TPSA) is 70.8 Å². The molecule has 1 saturated carbocycles. The van der Waals surface area contributed by atoms with Crippen LogP contribution in [0.25, 0.3) is 0 Å². The molecule has 0 bridgehead atoms. The highest BCUT2D eigenvalue weighted by Crippen LogP contribution is 2.37. The Morgan fingerprint density at radius 2 is 1.83 bits per heavy atom. The third-order valence-electron chi connectivity index (χ3n) is 4.84. The van der Waals surface area contributed by atoms with Crippen molar-refractivity contribution in [3.05, 3.63) is 23.7 Å². The van der Waals surface area contributed by atoms with Crippen LogP contribution in [-0.2, 0) is 20.9 Å². The molecule has 23 heavy (non-hydrogen) atoms. The van der Waals surface area contributed by atoms with Gasteiger partial charge in [0.25, 0.3) is 0 Å². The second-order valence-corrected chi connectivity index (χ2v) is 6.52. The Morgan fingerprint density at radius 1 is 1.22 bits per heavy atom. The zero-order valence-corrected chi connectivity index (χ0v) is 13.6. The summed E-state index contributed by atoms with van der Waals surface area (Å²) in [6.45, 7) is 2.01. The lowest BCUT2D eigenvalue weighted by atomic mass is 9.81. The van der Waals surface area contributed by atoms with Crippen molar-refractivity contribution in [1.82, 2.24) is 9.80 Å². The molecular formula is C17H22N2O4. The molecule has 0 spiro atoms. The van der Waals surface area contributed by atoms with Crippen molar-refractivity contribution in [3.8, 4) is 0 Å². The maximum Gasteiger partial charge on any atom is 0.242 e. The summed E-state index contributed by atoms with van der Waals surface area (Å²) < 4.78 is 5.45. The maximum atomic E-state index is 12.4. The summed E-state index contributed by atoms with van der Waals surface area (Å²) in [6, 6.07) is 3.66. The Labute approximate surface area is 135 Å². The van der Waals surface area contributed by atoms with Gasteiger partial charge < -0.3 is 9.32 Å². The fourth-order valence-corrected chi connectivity index (χ4v) is 3.53. The van der Waals surface area contributed by atoms with Gasteiger partial charge in [0, 0.05) is 7.05 Å². The van der Waals surface area contributed by atoms with Gasteiger partial charge in [0.05, 0.1) is 18.4 Å². The minimum Gasteiger partial charge on any atom is -0.464 e. The van der Waals surface area contributed by atoms with Crippen LogP contribution >= 0.6 is 0 Å². The van der Waals surface area contributed by atoms with Gasteiger partial charge in [0.1, 0.15) is 18.1 Å². The van der Waals surface area contributed by atoms with Crippen molar-refractivity contribution in [3.63, 3.8) is 0 Å². The number of fused-ring (bicyclic) bond motifs is 1. The zero-order chi connectivity index (χ0) is 16.6. The van der Waals surface area contributed by atoms with E-state index in [1.54, 1.807) is 7.05 Å². The first-order valence-electron chi connectivity index (χ1n) is 8.12. The van der Waals surface area contributed by atoms with Gasteiger partial charge in [0.15, 0.2) is 0 Å². The molecule has 1 aliphatic heterocycles. The molecular weight excluding hydrogens is 296 g/mol. The Kier molecular flexibility index (Phi) is 4.24. The predicted molar refractivity (Wildman–Crippen MR) is 82.1 cm³/mol. The summed E-state index contributed by atoms with van der Waals surface area (Å²) in [7, 11) is 1.65. The Hall–Kier alpha value is -2.11. The normalized spacial score (nSPS) is 24.0. The molecule has 2 fully saturated rings. The van der Waals surface area contributed by atoms with Crippen LogP contribution in [0.15, 0.2) is 16.5 Å². The standard InChI is InChI=1S/C17H22N2O4/c1-11-7-8-12(23-11)9-18(2)15(20)10-19-16(21)13-5-3-4-6-14(13)17(19)22/h7-8,13-14H,3-6,9-10H2,1-2H3. The van der Waals surface area contributed by atoms with Crippen LogP contribution < -0.4 is 0 Å². The van der Waals surface area contributed by atoms with Crippen molar-refractivity contribution < 1.29 is 18.8 Å². The minimum atomic E-state index is -0.251. The van der Waals surface area contributed by atoms with Gasteiger partial charge in [-0.1, -0.05) is 12.8 Å². The maximum absolute atomic E-state index is 12.4. The first-order valence-corrected chi connectivity index (χ1v) is 8.12. The number of imide groups is 1. The molecule has 2 aliphatic rings. The van der Waals surface area contributed by atoms with E-state index >= 15 is 0 Å². The molecule has 2 unspecified atom stereocenters. The van der Waals surface area contributed by atoms with Crippen LogP contribution in [0.4, 0.5) is 0 Å². The van der Waals surface area contributed by atoms with Gasteiger partial charge in [0.2, 0.25) is 17.7 Å². The number of hydrogen-bond acceptors (Lipinski definition) is 4. The van der Waals surface area contributed by atoms with Gasteiger partial charge >= 0.3 is 0 Å². The summed E-state index contributed by atoms with van der Waals surface area (Å²) in [6.07, 6.45) is 3.50. The van der Waals surface area contributed by atoms with E-state index in [1.807, 2.05) is 19.1 Å². The van der Waals surface area contributed by atoms with E-state index in [2.05, 4.69) is 0 Å². The van der Waals surface area contributed by atoms with E-state index in [4.69, 9.17) is 4.42 Å². The van der Waals surface area contributed by atoms with Crippen LogP contribution in [0.2, 0.25) is 0 Å². The summed E-state index contributed by atoms with van der Waals surface area (Å²) in [5, 5.41) is 0. The molecule has 1 saturated heterocycles. The van der Waals surface area contributed by atoms with Crippen LogP contribution in [0.1, 0.15) is 37.2 Å². The molecule has 3 amide bonds. The van der Waals surface area contributed by atoms with Crippen molar-refractivity contribution in [2.24, 2.45) is 11.8 Å². The number of nitrogens with zero attached hydrogens (tertiary/aromatic N) is 2. The second-order valence-electron chi connectivity index (χ2n) is 6.52. The van der Waals surface area contributed by atoms with E-state index in [9.17, 15) is 14.4 Å². The quantitative estimate of drug-likeness (QED) is 0.793. The fourth-order valence-electron chi connectivity index (χ4n) is 3.53. The second kappa shape index (κ2) is 6.18. The highest BCUT2D eigenvalue weighted by atomic mass is 16.3. The molecule has 1 aliphatic carbocycles. The molecule has 6 heteroatoms. The minimum absolute atomic E-state index is 0.166. The molecule has 0 aromatic carbocycles. The molecule has 0 radical (unpaired) electrons. The monoisotopic (exact) mass is 318 g/mol. The molecule has 124 valence electrons. The largest absolute Gasteiger partial charge is 0.464 e. The Balaban J connectivity index is 1.62. The third kappa shape index (κ3) is 3.02. The fraction of sp³-hybridized carbons (Fsp3) is 0.588. The lowest BCUT2D eigenvalue weighted by molar-refractivity contribution is -0.146. The van der Waals surface area contributed by atoms with Crippen molar-refractivity contribution >= 4 is 17.7 Å². The predicted octanol–water partition coefficient (Wildman–Crippen LogP) is 1.72. The number of rotatable bonds is 4. The lowest BCUT2D eigenvalue weighted by Crippen LogP contribution is -2.41. The van der Waals surface area contributed by atoms with Gasteiger partial charge in [-0.05, 0) is 31.9 Å². The first-order chi connectivity index (χ1) is 11.0. The zero-order valence-electron chi connectivity index (χ0n) is 13.6. The molecule has 1 aromatic rings. The SMILES string of the molecule is Cc1ccc(CN(C)C(=O)CN2C(=O)C3CCCCC3C2=O)o1. The van der Waals surface area contributed by atoms with Crippen molar-refractivity contribution in [2.75, 3.05) is 13.6 Å². The number of furan rings is 1. The molecule has 6 nitrogen and oxygen atoms in total. The van der Waals surface area contributed by atoms with Crippen LogP contribution in [0.5, 0.6) is 0 Å². The molecule has 2 heterocycles. The Bertz CT molecular complexity index is 612. The number of likely N-dealkylation sites (N-methyl/N-ethyl adjacent to an activating group) is 1. The summed E-state index contributed by atoms with van der Waals surface area (Å²) in [5.74, 6) is 0.468. The van der Waals surface area contributed by atoms with E-state index in [-0.39, 0.29) is 36.1 Å². The van der Waals surface area contributed by atoms with Crippen LogP contribution in [0.3, 0.4) is 0 Å². The van der Waals surface area contributed by atoms with Crippen molar-refractivity contribution in [1.29, 1.82) is 0 Å². The smallest absolute Gasteiger partial charge is 0.242 e. The summed E-state index contributed by atoms with van der Waals surface area (Å²) >= 11 is 0. The lowest BCUT2D eigenvalue weighted by Gasteiger charge is -2.20. The molecule has 0 N–H and O–H groups in total. The van der Waals surface area contributed by atoms with Crippen molar-refractivity contribution in [2.45, 2.75) is 39.2 Å². The molecule has 3 rings (SSSR count). The third-order valence-corrected chi connectivity index (χ3v) is 4.84. The van der Waals surface area contributed by atoms with Gasteiger partial charge in [-0.15, -0.1) is 0 Å². The number of carbonyl (C=O) groups is 3. The van der Waals surface area contributed by atoms with E-state index < -0.39 is 0 Å². The van der Waals surface area contributed by atoms with Gasteiger partial charge in [-0.3, -0.25) is 19.3 Å². The van der Waals surface area contributed by atoms with Gasteiger partial charge in [-0.2, -0.15) is 0 Å². The van der Waals surface area contributed by atoms with E-state index in [0.29, 0.717) is 12.3 Å². The number of amides is 3. The Morgan fingerprint density at radius 3 is 2.35 bits per heavy atom. The highest BCUT2D eigenvalue weighted by Gasteiger charge is 2.48. The number of hydrogen-bond donors (Lipinski definition) is 0. The number of carbonyl (C=O) groups excluding carboxylic acids is 3. The van der Waals surface area contributed by atoms with E-state index in [0.717, 1.165) is 36.3 Å². The molecule has 2 atom stereocenters. The summed E-state index contributed by atoms with van der Waals surface area (Å²) in [4.78, 5) is 39.8. The van der Waals surface area contributed by atoms with Crippen LogP contribution in [-0.4, -0.2) is 41.1 Å². The summed E-state index contributed by atoms with van der Waals surface area (Å²) in [5.41, 5.74) is 0. The first kappa shape index (κ1) is 15.8. The average Bonchev–Trinajstić information content (AvgIpc) is 3.04. The highest BCUT2D eigenvalue weighted by molar-refractivity contribution is 6.07. The average molecular weight is 318 g/mol. The van der Waals surface area contributed by atoms with Crippen LogP contribution in [0, 0.1) is 18.8 Å². The van der Waals surface area contributed by atoms with Gasteiger partial charge in [-0.25, -0.2) is 0 Å². The number of aryl methyl sites for hydroxylation is 1.